The molecule has 0 saturated carbocycles. The molecule has 0 nitrogen and oxygen atoms in total. The summed E-state index contributed by atoms with van der Waals surface area (Å²) in [7, 11) is 0. The minimum Gasteiger partial charge on any atom is -1.00 e. The van der Waals surface area contributed by atoms with Gasteiger partial charge in [-0.1, -0.05) is 70.5 Å². The Kier molecular flexibility index (Phi) is 9.25. The Morgan fingerprint density at radius 2 is 1.48 bits per heavy atom. The maximum Gasteiger partial charge on any atom is 0 e. The molecule has 0 spiro atoms. The summed E-state index contributed by atoms with van der Waals surface area (Å²) in [6.07, 6.45) is 0. The first-order chi connectivity index (χ1) is 10.4. The zero-order valence-electron chi connectivity index (χ0n) is 15.5. The van der Waals surface area contributed by atoms with Crippen LogP contribution in [0.1, 0.15) is 51.7 Å². The molecule has 0 unspecified atom stereocenters. The summed E-state index contributed by atoms with van der Waals surface area (Å²) < 4.78 is 0. The zero-order valence-corrected chi connectivity index (χ0v) is 20.6. The van der Waals surface area contributed by atoms with E-state index >= 15 is 0 Å². The Hall–Kier alpha value is -0.500. The predicted octanol–water partition coefficient (Wildman–Crippen LogP) is 0.652. The third kappa shape index (κ3) is 5.25. The molecule has 3 aromatic rings. The van der Waals surface area contributed by atoms with Gasteiger partial charge in [-0.3, -0.25) is 0 Å². The average molecular weight is 539 g/mol. The van der Waals surface area contributed by atoms with Gasteiger partial charge in [0.2, 0.25) is 0 Å². The van der Waals surface area contributed by atoms with Crippen LogP contribution in [0.2, 0.25) is 0 Å². The monoisotopic (exact) mass is 539 g/mol. The minimum atomic E-state index is 0. The van der Waals surface area contributed by atoms with E-state index in [-0.39, 0.29) is 56.1 Å². The summed E-state index contributed by atoms with van der Waals surface area (Å²) in [5.41, 5.74) is 5.65. The summed E-state index contributed by atoms with van der Waals surface area (Å²) in [6, 6.07) is 20.3. The Labute approximate surface area is 183 Å². The van der Waals surface area contributed by atoms with Crippen LogP contribution in [0.5, 0.6) is 0 Å². The SMILES string of the molecule is CC(C)c1cc2c(-c3ccc(C(C)(C)C)cc3)cccc2[cH-]1.[Cl-].[Cl-].[Hf]. The van der Waals surface area contributed by atoms with Gasteiger partial charge in [-0.05, 0) is 22.5 Å². The zero-order chi connectivity index (χ0) is 15.9. The van der Waals surface area contributed by atoms with Crippen molar-refractivity contribution in [2.75, 3.05) is 0 Å². The summed E-state index contributed by atoms with van der Waals surface area (Å²) >= 11 is 0. The smallest absolute Gasteiger partial charge is 0 e. The van der Waals surface area contributed by atoms with E-state index in [1.54, 1.807) is 0 Å². The van der Waals surface area contributed by atoms with Crippen LogP contribution in [0.4, 0.5) is 0 Å². The molecule has 0 atom stereocenters. The van der Waals surface area contributed by atoms with Crippen molar-refractivity contribution in [1.82, 2.24) is 0 Å². The van der Waals surface area contributed by atoms with E-state index in [0.717, 1.165) is 0 Å². The van der Waals surface area contributed by atoms with Gasteiger partial charge in [-0.2, -0.15) is 6.07 Å². The van der Waals surface area contributed by atoms with E-state index < -0.39 is 0 Å². The molecule has 134 valence electrons. The van der Waals surface area contributed by atoms with E-state index in [1.165, 1.54) is 33.0 Å². The Morgan fingerprint density at radius 1 is 0.880 bits per heavy atom. The second-order valence-electron chi connectivity index (χ2n) is 7.58. The van der Waals surface area contributed by atoms with Gasteiger partial charge in [0.25, 0.3) is 0 Å². The van der Waals surface area contributed by atoms with Crippen LogP contribution >= 0.6 is 0 Å². The van der Waals surface area contributed by atoms with Crippen LogP contribution in [-0.4, -0.2) is 0 Å². The van der Waals surface area contributed by atoms with Crippen LogP contribution in [-0.2, 0) is 31.3 Å². The predicted molar refractivity (Wildman–Crippen MR) is 97.8 cm³/mol. The number of fused-ring (bicyclic) bond motifs is 1. The van der Waals surface area contributed by atoms with Crippen molar-refractivity contribution in [3.05, 3.63) is 65.7 Å². The van der Waals surface area contributed by atoms with Crippen LogP contribution in [0, 0.1) is 0 Å². The molecule has 0 fully saturated rings. The third-order valence-corrected chi connectivity index (χ3v) is 4.50. The normalized spacial score (nSPS) is 10.8. The fraction of sp³-hybridized carbons (Fsp3) is 0.318. The molecule has 0 aliphatic carbocycles. The molecular weight excluding hydrogens is 514 g/mol. The van der Waals surface area contributed by atoms with Crippen molar-refractivity contribution in [2.45, 2.75) is 46.0 Å². The van der Waals surface area contributed by atoms with Gasteiger partial charge in [-0.25, -0.2) is 0 Å². The van der Waals surface area contributed by atoms with Gasteiger partial charge < -0.3 is 24.8 Å². The molecule has 0 aliphatic rings. The van der Waals surface area contributed by atoms with E-state index in [9.17, 15) is 0 Å². The second-order valence-corrected chi connectivity index (χ2v) is 7.58. The van der Waals surface area contributed by atoms with E-state index in [0.29, 0.717) is 5.92 Å². The number of benzene rings is 2. The van der Waals surface area contributed by atoms with Gasteiger partial charge in [0, 0.05) is 25.8 Å². The molecule has 0 radical (unpaired) electrons. The molecule has 3 heteroatoms. The molecule has 0 heterocycles. The number of halogens is 2. The van der Waals surface area contributed by atoms with E-state index in [2.05, 4.69) is 89.2 Å². The largest absolute Gasteiger partial charge is 1.00 e. The fourth-order valence-corrected chi connectivity index (χ4v) is 2.99. The maximum atomic E-state index is 2.35. The van der Waals surface area contributed by atoms with Crippen LogP contribution in [0.25, 0.3) is 21.9 Å². The van der Waals surface area contributed by atoms with Crippen molar-refractivity contribution < 1.29 is 50.7 Å². The molecule has 3 aromatic carbocycles. The van der Waals surface area contributed by atoms with E-state index in [4.69, 9.17) is 0 Å². The Balaban J connectivity index is 0.00000192. The minimum absolute atomic E-state index is 0. The van der Waals surface area contributed by atoms with Crippen molar-refractivity contribution in [1.29, 1.82) is 0 Å². The van der Waals surface area contributed by atoms with Crippen LogP contribution in [0.3, 0.4) is 0 Å². The molecule has 0 aliphatic heterocycles. The van der Waals surface area contributed by atoms with Gasteiger partial charge in [0.15, 0.2) is 0 Å². The second kappa shape index (κ2) is 9.44. The summed E-state index contributed by atoms with van der Waals surface area (Å²) in [5, 5.41) is 2.72. The van der Waals surface area contributed by atoms with Crippen LogP contribution in [0.15, 0.2) is 54.6 Å². The van der Waals surface area contributed by atoms with Crippen molar-refractivity contribution in [3.63, 3.8) is 0 Å². The van der Waals surface area contributed by atoms with Crippen molar-refractivity contribution in [3.8, 4) is 11.1 Å². The molecule has 0 saturated heterocycles. The molecule has 0 N–H and O–H groups in total. The molecule has 0 bridgehead atoms. The van der Waals surface area contributed by atoms with Gasteiger partial charge in [-0.15, -0.1) is 34.5 Å². The number of rotatable bonds is 2. The quantitative estimate of drug-likeness (QED) is 0.332. The molecule has 0 amide bonds. The van der Waals surface area contributed by atoms with Gasteiger partial charge >= 0.3 is 0 Å². The first-order valence-electron chi connectivity index (χ1n) is 8.16. The number of hydrogen-bond acceptors (Lipinski definition) is 0. The standard InChI is InChI=1S/C22H25.2ClH.Hf/c1-15(2)18-13-17-7-6-8-20(21(17)14-18)16-9-11-19(12-10-16)22(3,4)5;;;/h6-15H,1-5H3;2*1H;/q-1;;;/p-2. The Bertz CT molecular complexity index is 793. The first kappa shape index (κ1) is 24.5. The maximum absolute atomic E-state index is 2.35. The summed E-state index contributed by atoms with van der Waals surface area (Å²) in [5.74, 6) is 0.573. The molecular formula is C22H25Cl2Hf-3. The average Bonchev–Trinajstić information content (AvgIpc) is 2.90. The third-order valence-electron chi connectivity index (χ3n) is 4.50. The molecule has 3 rings (SSSR count). The topological polar surface area (TPSA) is 0 Å². The fourth-order valence-electron chi connectivity index (χ4n) is 2.99. The van der Waals surface area contributed by atoms with Crippen LogP contribution < -0.4 is 24.8 Å². The summed E-state index contributed by atoms with van der Waals surface area (Å²) in [6.45, 7) is 11.3. The van der Waals surface area contributed by atoms with E-state index in [1.807, 2.05) is 0 Å². The first-order valence-corrected chi connectivity index (χ1v) is 8.16. The molecule has 0 aromatic heterocycles. The Morgan fingerprint density at radius 3 is 2.00 bits per heavy atom. The summed E-state index contributed by atoms with van der Waals surface area (Å²) in [4.78, 5) is 0. The van der Waals surface area contributed by atoms with Crippen molar-refractivity contribution in [2.24, 2.45) is 0 Å². The van der Waals surface area contributed by atoms with Crippen molar-refractivity contribution >= 4 is 10.8 Å². The number of hydrogen-bond donors (Lipinski definition) is 0. The molecule has 25 heavy (non-hydrogen) atoms. The van der Waals surface area contributed by atoms with Gasteiger partial charge in [0.05, 0.1) is 0 Å². The van der Waals surface area contributed by atoms with Gasteiger partial charge in [0.1, 0.15) is 0 Å².